The zero-order valence-corrected chi connectivity index (χ0v) is 16.3. The summed E-state index contributed by atoms with van der Waals surface area (Å²) in [5.41, 5.74) is 0.296. The zero-order valence-electron chi connectivity index (χ0n) is 14.8. The molecule has 0 aromatic heterocycles. The molecule has 4 rings (SSSR count). The molecule has 2 aromatic rings. The Balaban J connectivity index is 1.77. The maximum Gasteiger partial charge on any atom is 0.335 e. The van der Waals surface area contributed by atoms with Gasteiger partial charge in [-0.15, -0.1) is 0 Å². The number of benzene rings is 2. The number of methoxy groups -OCH3 is 1. The maximum atomic E-state index is 13.0. The van der Waals surface area contributed by atoms with Crippen molar-refractivity contribution in [2.75, 3.05) is 18.8 Å². The molecule has 0 spiro atoms. The van der Waals surface area contributed by atoms with Crippen LogP contribution in [0.5, 0.6) is 17.2 Å². The minimum Gasteiger partial charge on any atom is -0.496 e. The van der Waals surface area contributed by atoms with Gasteiger partial charge in [-0.25, -0.2) is 9.69 Å². The average Bonchev–Trinajstić information content (AvgIpc) is 3.14. The van der Waals surface area contributed by atoms with Gasteiger partial charge in [0.1, 0.15) is 11.3 Å². The molecular formula is C19H12Cl2N2O6. The lowest BCUT2D eigenvalue weighted by molar-refractivity contribution is -0.122. The number of hydrogen-bond acceptors (Lipinski definition) is 6. The van der Waals surface area contributed by atoms with Crippen LogP contribution in [0.2, 0.25) is 10.0 Å². The average molecular weight is 435 g/mol. The summed E-state index contributed by atoms with van der Waals surface area (Å²) in [5.74, 6) is -0.372. The number of nitrogens with zero attached hydrogens (tertiary/aromatic N) is 1. The van der Waals surface area contributed by atoms with Gasteiger partial charge in [-0.2, -0.15) is 0 Å². The Morgan fingerprint density at radius 3 is 2.48 bits per heavy atom. The normalized spacial score (nSPS) is 17.0. The van der Waals surface area contributed by atoms with E-state index in [0.29, 0.717) is 22.8 Å². The van der Waals surface area contributed by atoms with Gasteiger partial charge >= 0.3 is 6.03 Å². The van der Waals surface area contributed by atoms with Crippen LogP contribution < -0.4 is 24.4 Å². The van der Waals surface area contributed by atoms with E-state index in [-0.39, 0.29) is 28.1 Å². The number of nitrogens with one attached hydrogen (secondary N) is 1. The third-order valence-corrected chi connectivity index (χ3v) is 5.03. The first-order chi connectivity index (χ1) is 13.9. The molecule has 1 N–H and O–H groups in total. The Kier molecular flexibility index (Phi) is 4.81. The Bertz CT molecular complexity index is 1100. The third-order valence-electron chi connectivity index (χ3n) is 4.29. The van der Waals surface area contributed by atoms with Gasteiger partial charge in [0.05, 0.1) is 22.8 Å². The molecule has 2 aliphatic heterocycles. The van der Waals surface area contributed by atoms with Gasteiger partial charge in [0, 0.05) is 11.6 Å². The first kappa shape index (κ1) is 19.1. The Morgan fingerprint density at radius 2 is 1.79 bits per heavy atom. The van der Waals surface area contributed by atoms with Crippen LogP contribution in [0.4, 0.5) is 10.5 Å². The number of urea groups is 1. The highest BCUT2D eigenvalue weighted by Crippen LogP contribution is 2.39. The molecule has 10 heteroatoms. The smallest absolute Gasteiger partial charge is 0.335 e. The number of fused-ring (bicyclic) bond motifs is 1. The Labute approximate surface area is 174 Å². The van der Waals surface area contributed by atoms with Crippen molar-refractivity contribution in [2.24, 2.45) is 0 Å². The van der Waals surface area contributed by atoms with E-state index in [1.165, 1.54) is 31.4 Å². The van der Waals surface area contributed by atoms with Crippen LogP contribution in [-0.2, 0) is 9.59 Å². The fraction of sp³-hybridized carbons (Fsp3) is 0.105. The largest absolute Gasteiger partial charge is 0.496 e. The van der Waals surface area contributed by atoms with Crippen LogP contribution in [0.25, 0.3) is 6.08 Å². The van der Waals surface area contributed by atoms with Crippen molar-refractivity contribution in [3.05, 3.63) is 51.5 Å². The molecule has 0 bridgehead atoms. The third kappa shape index (κ3) is 3.37. The second-order valence-electron chi connectivity index (χ2n) is 6.00. The molecule has 2 aliphatic rings. The van der Waals surface area contributed by atoms with Crippen molar-refractivity contribution in [1.82, 2.24) is 5.32 Å². The second-order valence-corrected chi connectivity index (χ2v) is 6.82. The first-order valence-corrected chi connectivity index (χ1v) is 8.99. The summed E-state index contributed by atoms with van der Waals surface area (Å²) >= 11 is 11.9. The Morgan fingerprint density at radius 1 is 1.07 bits per heavy atom. The Hall–Kier alpha value is -3.23. The van der Waals surface area contributed by atoms with Crippen LogP contribution in [0.3, 0.4) is 0 Å². The van der Waals surface area contributed by atoms with Crippen molar-refractivity contribution in [3.63, 3.8) is 0 Å². The molecule has 0 radical (unpaired) electrons. The number of carbonyl (C=O) groups excluding carboxylic acids is 3. The summed E-state index contributed by atoms with van der Waals surface area (Å²) < 4.78 is 15.9. The van der Waals surface area contributed by atoms with Gasteiger partial charge < -0.3 is 14.2 Å². The van der Waals surface area contributed by atoms with Gasteiger partial charge in [0.2, 0.25) is 6.79 Å². The molecule has 4 amide bonds. The van der Waals surface area contributed by atoms with Crippen LogP contribution in [0.15, 0.2) is 35.9 Å². The van der Waals surface area contributed by atoms with E-state index in [0.717, 1.165) is 4.90 Å². The number of ether oxygens (including phenoxy) is 3. The van der Waals surface area contributed by atoms with Crippen molar-refractivity contribution in [1.29, 1.82) is 0 Å². The predicted molar refractivity (Wildman–Crippen MR) is 105 cm³/mol. The molecule has 1 fully saturated rings. The van der Waals surface area contributed by atoms with Crippen LogP contribution in [0, 0.1) is 0 Å². The quantitative estimate of drug-likeness (QED) is 0.587. The summed E-state index contributed by atoms with van der Waals surface area (Å²) in [5, 5.41) is 2.56. The molecule has 2 heterocycles. The lowest BCUT2D eigenvalue weighted by Gasteiger charge is -2.26. The maximum absolute atomic E-state index is 13.0. The number of anilines is 1. The molecular weight excluding hydrogens is 423 g/mol. The van der Waals surface area contributed by atoms with Crippen LogP contribution >= 0.6 is 23.2 Å². The number of amides is 4. The minimum absolute atomic E-state index is 0.0531. The lowest BCUT2D eigenvalue weighted by Crippen LogP contribution is -2.54. The molecule has 0 saturated carbocycles. The molecule has 0 atom stereocenters. The summed E-state index contributed by atoms with van der Waals surface area (Å²) in [6.45, 7) is 0.0531. The summed E-state index contributed by atoms with van der Waals surface area (Å²) in [6.07, 6.45) is 1.31. The van der Waals surface area contributed by atoms with Crippen molar-refractivity contribution in [3.8, 4) is 17.2 Å². The highest BCUT2D eigenvalue weighted by molar-refractivity contribution is 6.43. The molecule has 148 valence electrons. The number of hydrogen-bond donors (Lipinski definition) is 1. The highest BCUT2D eigenvalue weighted by atomic mass is 35.5. The summed E-state index contributed by atoms with van der Waals surface area (Å²) in [7, 11) is 1.44. The number of barbiturate groups is 1. The number of halogens is 2. The van der Waals surface area contributed by atoms with Gasteiger partial charge in [0.15, 0.2) is 11.5 Å². The number of imide groups is 2. The molecule has 2 aromatic carbocycles. The zero-order chi connectivity index (χ0) is 20.7. The van der Waals surface area contributed by atoms with Gasteiger partial charge in [0.25, 0.3) is 11.8 Å². The van der Waals surface area contributed by atoms with Gasteiger partial charge in [-0.1, -0.05) is 23.2 Å². The number of rotatable bonds is 3. The van der Waals surface area contributed by atoms with E-state index in [2.05, 4.69) is 5.32 Å². The molecule has 8 nitrogen and oxygen atoms in total. The van der Waals surface area contributed by atoms with Gasteiger partial charge in [-0.3, -0.25) is 14.9 Å². The van der Waals surface area contributed by atoms with Crippen LogP contribution in [-0.4, -0.2) is 31.7 Å². The SMILES string of the molecule is COc1cc2c(cc1/C=C1/C(=O)NC(=O)N(c3ccc(Cl)c(Cl)c3)C1=O)OCO2. The predicted octanol–water partition coefficient (Wildman–Crippen LogP) is 3.40. The van der Waals surface area contributed by atoms with E-state index >= 15 is 0 Å². The van der Waals surface area contributed by atoms with E-state index in [9.17, 15) is 14.4 Å². The standard InChI is InChI=1S/C19H12Cl2N2O6/c1-27-14-7-16-15(28-8-29-16)5-9(14)4-11-17(24)22-19(26)23(18(11)25)10-2-3-12(20)13(21)6-10/h2-7H,8H2,1H3,(H,22,24,26)/b11-4-. The van der Waals surface area contributed by atoms with E-state index in [1.807, 2.05) is 0 Å². The fourth-order valence-corrected chi connectivity index (χ4v) is 3.19. The summed E-state index contributed by atoms with van der Waals surface area (Å²) in [4.78, 5) is 38.4. The topological polar surface area (TPSA) is 94.2 Å². The van der Waals surface area contributed by atoms with Gasteiger partial charge in [-0.05, 0) is 30.3 Å². The van der Waals surface area contributed by atoms with Crippen molar-refractivity contribution < 1.29 is 28.6 Å². The molecule has 29 heavy (non-hydrogen) atoms. The second kappa shape index (κ2) is 7.31. The van der Waals surface area contributed by atoms with Crippen molar-refractivity contribution in [2.45, 2.75) is 0 Å². The van der Waals surface area contributed by atoms with E-state index in [4.69, 9.17) is 37.4 Å². The van der Waals surface area contributed by atoms with Crippen molar-refractivity contribution >= 4 is 52.8 Å². The fourth-order valence-electron chi connectivity index (χ4n) is 2.90. The molecule has 1 saturated heterocycles. The highest BCUT2D eigenvalue weighted by Gasteiger charge is 2.37. The minimum atomic E-state index is -0.895. The summed E-state index contributed by atoms with van der Waals surface area (Å²) in [6, 6.07) is 6.51. The molecule has 0 unspecified atom stereocenters. The van der Waals surface area contributed by atoms with Crippen LogP contribution in [0.1, 0.15) is 5.56 Å². The number of carbonyl (C=O) groups is 3. The van der Waals surface area contributed by atoms with E-state index < -0.39 is 17.8 Å². The monoisotopic (exact) mass is 434 g/mol. The molecule has 0 aliphatic carbocycles. The lowest BCUT2D eigenvalue weighted by atomic mass is 10.1. The van der Waals surface area contributed by atoms with E-state index in [1.54, 1.807) is 12.1 Å². The first-order valence-electron chi connectivity index (χ1n) is 8.23.